The van der Waals surface area contributed by atoms with Crippen molar-refractivity contribution in [3.05, 3.63) is 34.9 Å². The summed E-state index contributed by atoms with van der Waals surface area (Å²) in [5, 5.41) is 17.5. The Hall–Kier alpha value is -2.37. The molecule has 0 heterocycles. The first-order chi connectivity index (χ1) is 9.88. The summed E-state index contributed by atoms with van der Waals surface area (Å²) in [6.45, 7) is 4.42. The number of carbonyl (C=O) groups is 3. The second kappa shape index (κ2) is 9.52. The number of aromatic carboxylic acids is 2. The van der Waals surface area contributed by atoms with Crippen molar-refractivity contribution in [1.82, 2.24) is 0 Å². The van der Waals surface area contributed by atoms with Crippen LogP contribution < -0.4 is 0 Å². The second-order valence-electron chi connectivity index (χ2n) is 4.22. The molecule has 116 valence electrons. The number of unbranched alkanes of at least 4 members (excludes halogenated alkanes) is 2. The number of hydrogen-bond acceptors (Lipinski definition) is 4. The Morgan fingerprint density at radius 2 is 1.57 bits per heavy atom. The Morgan fingerprint density at radius 1 is 1.00 bits per heavy atom. The Bertz CT molecular complexity index is 505. The average molecular weight is 296 g/mol. The lowest BCUT2D eigenvalue weighted by Crippen LogP contribution is -2.11. The Labute approximate surface area is 123 Å². The highest BCUT2D eigenvalue weighted by Gasteiger charge is 2.19. The van der Waals surface area contributed by atoms with E-state index in [1.54, 1.807) is 0 Å². The molecule has 0 aliphatic carbocycles. The number of carboxylic acid groups (broad SMARTS) is 2. The predicted octanol–water partition coefficient (Wildman–Crippen LogP) is 3.07. The maximum atomic E-state index is 11.2. The molecule has 0 amide bonds. The quantitative estimate of drug-likeness (QED) is 0.810. The van der Waals surface area contributed by atoms with Gasteiger partial charge in [-0.05, 0) is 18.2 Å². The molecular formula is C15H20O6. The van der Waals surface area contributed by atoms with Crippen LogP contribution in [0.15, 0.2) is 18.2 Å². The molecule has 0 bridgehead atoms. The zero-order valence-electron chi connectivity index (χ0n) is 12.4. The van der Waals surface area contributed by atoms with E-state index in [4.69, 9.17) is 10.2 Å². The minimum atomic E-state index is -1.39. The molecule has 1 rings (SSSR count). The molecule has 0 aromatic heterocycles. The van der Waals surface area contributed by atoms with Gasteiger partial charge in [-0.2, -0.15) is 0 Å². The first-order valence-corrected chi connectivity index (χ1v) is 6.57. The number of carbonyl (C=O) groups excluding carboxylic acids is 1. The number of ether oxygens (including phenoxy) is 1. The largest absolute Gasteiger partial charge is 0.478 e. The number of esters is 1. The van der Waals surface area contributed by atoms with Gasteiger partial charge in [-0.15, -0.1) is 0 Å². The van der Waals surface area contributed by atoms with E-state index in [9.17, 15) is 14.4 Å². The van der Waals surface area contributed by atoms with Crippen molar-refractivity contribution in [3.8, 4) is 0 Å². The molecule has 6 nitrogen and oxygen atoms in total. The topological polar surface area (TPSA) is 101 Å². The van der Waals surface area contributed by atoms with Crippen LogP contribution >= 0.6 is 0 Å². The Morgan fingerprint density at radius 3 is 1.90 bits per heavy atom. The molecule has 0 atom stereocenters. The molecule has 0 fully saturated rings. The van der Waals surface area contributed by atoms with Gasteiger partial charge in [-0.25, -0.2) is 14.4 Å². The van der Waals surface area contributed by atoms with E-state index in [1.165, 1.54) is 19.3 Å². The van der Waals surface area contributed by atoms with Crippen molar-refractivity contribution in [1.29, 1.82) is 0 Å². The standard InChI is InChI=1S/C10H8O6.C5H12/c1-16-10(15)6-3-2-5(8(11)12)4-7(6)9(13)14;1-3-5-4-2/h2-4H,1H3,(H,11,12)(H,13,14);3-5H2,1-2H3. The van der Waals surface area contributed by atoms with Gasteiger partial charge in [0.2, 0.25) is 0 Å². The molecular weight excluding hydrogens is 276 g/mol. The van der Waals surface area contributed by atoms with Crippen molar-refractivity contribution >= 4 is 17.9 Å². The molecule has 1 aromatic rings. The highest BCUT2D eigenvalue weighted by Crippen LogP contribution is 2.13. The van der Waals surface area contributed by atoms with E-state index < -0.39 is 23.5 Å². The summed E-state index contributed by atoms with van der Waals surface area (Å²) < 4.78 is 4.38. The van der Waals surface area contributed by atoms with Gasteiger partial charge in [-0.1, -0.05) is 33.1 Å². The highest BCUT2D eigenvalue weighted by molar-refractivity contribution is 6.04. The van der Waals surface area contributed by atoms with E-state index in [0.29, 0.717) is 0 Å². The van der Waals surface area contributed by atoms with Crippen LogP contribution in [0.4, 0.5) is 0 Å². The lowest BCUT2D eigenvalue weighted by Gasteiger charge is -2.04. The fraction of sp³-hybridized carbons (Fsp3) is 0.400. The van der Waals surface area contributed by atoms with Crippen molar-refractivity contribution in [2.45, 2.75) is 33.1 Å². The molecule has 0 aliphatic rings. The van der Waals surface area contributed by atoms with Crippen LogP contribution in [0.3, 0.4) is 0 Å². The molecule has 1 aromatic carbocycles. The maximum Gasteiger partial charge on any atom is 0.338 e. The summed E-state index contributed by atoms with van der Waals surface area (Å²) >= 11 is 0. The number of carboxylic acids is 2. The predicted molar refractivity (Wildman–Crippen MR) is 76.9 cm³/mol. The Kier molecular flexibility index (Phi) is 8.45. The van der Waals surface area contributed by atoms with Crippen LogP contribution in [0.1, 0.15) is 64.2 Å². The van der Waals surface area contributed by atoms with Crippen molar-refractivity contribution in [3.63, 3.8) is 0 Å². The summed E-state index contributed by atoms with van der Waals surface area (Å²) in [4.78, 5) is 32.6. The summed E-state index contributed by atoms with van der Waals surface area (Å²) in [6.07, 6.45) is 4.08. The summed E-state index contributed by atoms with van der Waals surface area (Å²) in [6, 6.07) is 3.16. The van der Waals surface area contributed by atoms with Crippen LogP contribution in [-0.4, -0.2) is 35.2 Å². The summed E-state index contributed by atoms with van der Waals surface area (Å²) in [5.41, 5.74) is -0.781. The monoisotopic (exact) mass is 296 g/mol. The van der Waals surface area contributed by atoms with E-state index in [2.05, 4.69) is 18.6 Å². The van der Waals surface area contributed by atoms with E-state index in [-0.39, 0.29) is 11.1 Å². The number of hydrogen-bond donors (Lipinski definition) is 2. The number of rotatable bonds is 5. The Balaban J connectivity index is 0.000000690. The second-order valence-corrected chi connectivity index (χ2v) is 4.22. The fourth-order valence-corrected chi connectivity index (χ4v) is 1.50. The fourth-order valence-electron chi connectivity index (χ4n) is 1.50. The van der Waals surface area contributed by atoms with Crippen molar-refractivity contribution in [2.24, 2.45) is 0 Å². The first kappa shape index (κ1) is 18.6. The molecule has 0 aliphatic heterocycles. The lowest BCUT2D eigenvalue weighted by atomic mass is 10.0. The molecule has 0 radical (unpaired) electrons. The molecule has 0 spiro atoms. The van der Waals surface area contributed by atoms with Gasteiger partial charge >= 0.3 is 17.9 Å². The molecule has 0 saturated heterocycles. The van der Waals surface area contributed by atoms with Crippen LogP contribution in [0.25, 0.3) is 0 Å². The van der Waals surface area contributed by atoms with Gasteiger partial charge in [0.15, 0.2) is 0 Å². The molecule has 0 unspecified atom stereocenters. The number of methoxy groups -OCH3 is 1. The molecule has 0 saturated carbocycles. The number of benzene rings is 1. The van der Waals surface area contributed by atoms with Crippen LogP contribution in [0.5, 0.6) is 0 Å². The third-order valence-electron chi connectivity index (χ3n) is 2.61. The zero-order valence-corrected chi connectivity index (χ0v) is 12.4. The van der Waals surface area contributed by atoms with Gasteiger partial charge in [0, 0.05) is 0 Å². The molecule has 21 heavy (non-hydrogen) atoms. The first-order valence-electron chi connectivity index (χ1n) is 6.57. The highest BCUT2D eigenvalue weighted by atomic mass is 16.5. The maximum absolute atomic E-state index is 11.2. The summed E-state index contributed by atoms with van der Waals surface area (Å²) in [5.74, 6) is -3.48. The molecule has 2 N–H and O–H groups in total. The van der Waals surface area contributed by atoms with Crippen LogP contribution in [0, 0.1) is 0 Å². The van der Waals surface area contributed by atoms with E-state index >= 15 is 0 Å². The minimum absolute atomic E-state index is 0.181. The zero-order chi connectivity index (χ0) is 16.4. The van der Waals surface area contributed by atoms with Crippen molar-refractivity contribution in [2.75, 3.05) is 7.11 Å². The average Bonchev–Trinajstić information content (AvgIpc) is 2.47. The van der Waals surface area contributed by atoms with Gasteiger partial charge in [0.25, 0.3) is 0 Å². The van der Waals surface area contributed by atoms with Gasteiger partial charge < -0.3 is 14.9 Å². The normalized spacial score (nSPS) is 9.29. The van der Waals surface area contributed by atoms with E-state index in [0.717, 1.165) is 25.3 Å². The lowest BCUT2D eigenvalue weighted by molar-refractivity contribution is 0.0581. The van der Waals surface area contributed by atoms with Crippen LogP contribution in [0.2, 0.25) is 0 Å². The smallest absolute Gasteiger partial charge is 0.338 e. The third-order valence-corrected chi connectivity index (χ3v) is 2.61. The third kappa shape index (κ3) is 6.07. The van der Waals surface area contributed by atoms with Gasteiger partial charge in [-0.3, -0.25) is 0 Å². The van der Waals surface area contributed by atoms with Crippen molar-refractivity contribution < 1.29 is 29.3 Å². The van der Waals surface area contributed by atoms with E-state index in [1.807, 2.05) is 0 Å². The SMILES string of the molecule is CCCCC.COC(=O)c1ccc(C(=O)O)cc1C(=O)O. The summed E-state index contributed by atoms with van der Waals surface area (Å²) in [7, 11) is 1.11. The molecule has 6 heteroatoms. The van der Waals surface area contributed by atoms with Crippen LogP contribution in [-0.2, 0) is 4.74 Å². The minimum Gasteiger partial charge on any atom is -0.478 e. The van der Waals surface area contributed by atoms with Gasteiger partial charge in [0.05, 0.1) is 23.8 Å². The van der Waals surface area contributed by atoms with Gasteiger partial charge in [0.1, 0.15) is 0 Å².